The van der Waals surface area contributed by atoms with E-state index in [-0.39, 0.29) is 0 Å². The highest BCUT2D eigenvalue weighted by Crippen LogP contribution is 2.32. The van der Waals surface area contributed by atoms with Gasteiger partial charge in [0, 0.05) is 23.1 Å². The smallest absolute Gasteiger partial charge is 0.206 e. The maximum atomic E-state index is 4.88. The predicted molar refractivity (Wildman–Crippen MR) is 137 cm³/mol. The maximum Gasteiger partial charge on any atom is 0.206 e. The van der Waals surface area contributed by atoms with Gasteiger partial charge in [0.05, 0.1) is 17.7 Å². The number of halogens is 1. The lowest BCUT2D eigenvalue weighted by atomic mass is 10.1. The molecule has 0 radical (unpaired) electrons. The Morgan fingerprint density at radius 2 is 1.89 bits per heavy atom. The third-order valence-electron chi connectivity index (χ3n) is 6.15. The first-order chi connectivity index (χ1) is 17.0. The number of aromatic nitrogens is 9. The van der Waals surface area contributed by atoms with Crippen molar-refractivity contribution < 1.29 is 0 Å². The van der Waals surface area contributed by atoms with Gasteiger partial charge in [-0.3, -0.25) is 0 Å². The molecule has 0 amide bonds. The van der Waals surface area contributed by atoms with E-state index in [9.17, 15) is 0 Å². The fourth-order valence-corrected chi connectivity index (χ4v) is 5.14. The summed E-state index contributed by atoms with van der Waals surface area (Å²) in [4.78, 5) is 9.70. The van der Waals surface area contributed by atoms with E-state index < -0.39 is 0 Å². The minimum Gasteiger partial charge on any atom is -0.308 e. The van der Waals surface area contributed by atoms with Crippen LogP contribution < -0.4 is 0 Å². The van der Waals surface area contributed by atoms with Crippen LogP contribution in [0.2, 0.25) is 0 Å². The van der Waals surface area contributed by atoms with Gasteiger partial charge in [0.2, 0.25) is 5.82 Å². The second-order valence-electron chi connectivity index (χ2n) is 8.53. The number of benzene rings is 2. The first-order valence-electron chi connectivity index (χ1n) is 11.4. The van der Waals surface area contributed by atoms with Crippen molar-refractivity contribution in [1.29, 1.82) is 0 Å². The van der Waals surface area contributed by atoms with Gasteiger partial charge in [-0.15, -0.1) is 10.2 Å². The Morgan fingerprint density at radius 1 is 1.03 bits per heavy atom. The van der Waals surface area contributed by atoms with Crippen LogP contribution in [0.25, 0.3) is 39.1 Å². The highest BCUT2D eigenvalue weighted by Gasteiger charge is 2.18. The summed E-state index contributed by atoms with van der Waals surface area (Å²) >= 11 is 3.79. The Hall–Kier alpha value is -3.92. The molecule has 0 unspecified atom stereocenters. The van der Waals surface area contributed by atoms with Crippen LogP contribution >= 0.6 is 15.9 Å². The number of imidazole rings is 1. The Labute approximate surface area is 209 Å². The summed E-state index contributed by atoms with van der Waals surface area (Å²) in [5.74, 6) is 1.55. The Bertz CT molecular complexity index is 1700. The lowest BCUT2D eigenvalue weighted by molar-refractivity contribution is 0.746. The number of para-hydroxylation sites is 1. The number of pyridine rings is 1. The summed E-state index contributed by atoms with van der Waals surface area (Å²) in [5.41, 5.74) is 7.80. The van der Waals surface area contributed by atoms with E-state index in [4.69, 9.17) is 15.1 Å². The molecule has 35 heavy (non-hydrogen) atoms. The van der Waals surface area contributed by atoms with Crippen LogP contribution in [0, 0.1) is 13.8 Å². The molecule has 0 atom stereocenters. The van der Waals surface area contributed by atoms with E-state index >= 15 is 0 Å². The van der Waals surface area contributed by atoms with Gasteiger partial charge in [-0.2, -0.15) is 10.3 Å². The predicted octanol–water partition coefficient (Wildman–Crippen LogP) is 4.94. The first kappa shape index (κ1) is 21.6. The number of fused-ring (bicyclic) bond motifs is 2. The molecule has 0 saturated carbocycles. The molecule has 2 aromatic carbocycles. The Kier molecular flexibility index (Phi) is 5.18. The van der Waals surface area contributed by atoms with Crippen LogP contribution in [0.15, 0.2) is 53.1 Å². The molecule has 4 heterocycles. The normalized spacial score (nSPS) is 11.7. The molecular weight excluding hydrogens is 506 g/mol. The van der Waals surface area contributed by atoms with Gasteiger partial charge in [-0.25, -0.2) is 14.6 Å². The second-order valence-corrected chi connectivity index (χ2v) is 9.28. The molecule has 0 aliphatic heterocycles. The molecule has 10 heteroatoms. The number of hydrogen-bond acceptors (Lipinski definition) is 6. The lowest BCUT2D eigenvalue weighted by Gasteiger charge is -2.09. The van der Waals surface area contributed by atoms with Crippen LogP contribution in [0.5, 0.6) is 0 Å². The zero-order chi connectivity index (χ0) is 24.1. The summed E-state index contributed by atoms with van der Waals surface area (Å²) in [6, 6.07) is 16.3. The van der Waals surface area contributed by atoms with E-state index in [0.29, 0.717) is 12.4 Å². The van der Waals surface area contributed by atoms with Crippen LogP contribution in [-0.4, -0.2) is 44.9 Å². The topological polar surface area (TPSA) is 103 Å². The fraction of sp³-hybridized carbons (Fsp3) is 0.200. The zero-order valence-electron chi connectivity index (χ0n) is 19.5. The molecule has 0 spiro atoms. The van der Waals surface area contributed by atoms with E-state index in [0.717, 1.165) is 67.0 Å². The van der Waals surface area contributed by atoms with Gasteiger partial charge in [0.1, 0.15) is 15.9 Å². The van der Waals surface area contributed by atoms with E-state index in [2.05, 4.69) is 79.2 Å². The lowest BCUT2D eigenvalue weighted by Crippen LogP contribution is -2.05. The number of aromatic amines is 1. The average Bonchev–Trinajstić information content (AvgIpc) is 3.58. The number of tetrazole rings is 1. The molecule has 0 fully saturated rings. The van der Waals surface area contributed by atoms with Gasteiger partial charge >= 0.3 is 0 Å². The van der Waals surface area contributed by atoms with Crippen molar-refractivity contribution in [3.63, 3.8) is 0 Å². The summed E-state index contributed by atoms with van der Waals surface area (Å²) in [7, 11) is 0. The SMILES string of the molecule is CCc1nc2c(C)cc(C)nc2n1Cc1ccc2nn(-c3ccccc3-c3nn[nH]n3)c(Br)c2c1. The van der Waals surface area contributed by atoms with Crippen molar-refractivity contribution >= 4 is 38.0 Å². The number of aryl methyl sites for hydroxylation is 3. The van der Waals surface area contributed by atoms with E-state index in [1.54, 1.807) is 0 Å². The number of nitrogens with one attached hydrogen (secondary N) is 1. The highest BCUT2D eigenvalue weighted by atomic mass is 79.9. The molecule has 0 saturated heterocycles. The molecule has 1 N–H and O–H groups in total. The minimum atomic E-state index is 0.518. The summed E-state index contributed by atoms with van der Waals surface area (Å²) in [6.45, 7) is 6.94. The summed E-state index contributed by atoms with van der Waals surface area (Å²) in [5, 5.41) is 20.4. The number of H-pyrrole nitrogens is 1. The van der Waals surface area contributed by atoms with Gasteiger partial charge < -0.3 is 4.57 Å². The fourth-order valence-electron chi connectivity index (χ4n) is 4.55. The van der Waals surface area contributed by atoms with E-state index in [1.165, 1.54) is 0 Å². The van der Waals surface area contributed by atoms with Crippen LogP contribution in [-0.2, 0) is 13.0 Å². The van der Waals surface area contributed by atoms with Crippen molar-refractivity contribution in [2.45, 2.75) is 33.7 Å². The molecule has 0 bridgehead atoms. The summed E-state index contributed by atoms with van der Waals surface area (Å²) < 4.78 is 4.96. The van der Waals surface area contributed by atoms with Crippen molar-refractivity contribution in [2.24, 2.45) is 0 Å². The molecule has 9 nitrogen and oxygen atoms in total. The number of hydrogen-bond donors (Lipinski definition) is 1. The number of rotatable bonds is 5. The van der Waals surface area contributed by atoms with E-state index in [1.807, 2.05) is 35.9 Å². The standard InChI is InChI=1S/C25H22BrN9/c1-4-21-28-22-14(2)11-15(3)27-25(22)34(21)13-16-9-10-19-18(12-16)23(26)35(31-19)20-8-6-5-7-17(20)24-29-32-33-30-24/h5-12H,4,13H2,1-3H3,(H,29,30,32,33). The molecule has 0 aliphatic carbocycles. The third-order valence-corrected chi connectivity index (χ3v) is 6.92. The Morgan fingerprint density at radius 3 is 2.69 bits per heavy atom. The number of nitrogens with zero attached hydrogens (tertiary/aromatic N) is 8. The third kappa shape index (κ3) is 3.61. The van der Waals surface area contributed by atoms with Gasteiger partial charge in [-0.1, -0.05) is 25.1 Å². The molecule has 4 aromatic heterocycles. The monoisotopic (exact) mass is 527 g/mol. The largest absolute Gasteiger partial charge is 0.308 e. The van der Waals surface area contributed by atoms with Gasteiger partial charge in [0.15, 0.2) is 5.65 Å². The van der Waals surface area contributed by atoms with Gasteiger partial charge in [-0.05, 0) is 76.4 Å². The maximum absolute atomic E-state index is 4.88. The quantitative estimate of drug-likeness (QED) is 0.340. The van der Waals surface area contributed by atoms with Crippen molar-refractivity contribution in [3.8, 4) is 17.1 Å². The highest BCUT2D eigenvalue weighted by molar-refractivity contribution is 9.10. The minimum absolute atomic E-state index is 0.518. The van der Waals surface area contributed by atoms with Crippen LogP contribution in [0.3, 0.4) is 0 Å². The van der Waals surface area contributed by atoms with Crippen molar-refractivity contribution in [2.75, 3.05) is 0 Å². The van der Waals surface area contributed by atoms with Crippen LogP contribution in [0.4, 0.5) is 0 Å². The second kappa shape index (κ2) is 8.38. The molecule has 6 aromatic rings. The van der Waals surface area contributed by atoms with Crippen molar-refractivity contribution in [1.82, 2.24) is 44.9 Å². The van der Waals surface area contributed by atoms with Crippen molar-refractivity contribution in [3.05, 3.63) is 75.8 Å². The summed E-state index contributed by atoms with van der Waals surface area (Å²) in [6.07, 6.45) is 0.839. The molecule has 174 valence electrons. The Balaban J connectivity index is 1.45. The molecule has 0 aliphatic rings. The molecule has 6 rings (SSSR count). The van der Waals surface area contributed by atoms with Crippen LogP contribution in [0.1, 0.15) is 29.6 Å². The first-order valence-corrected chi connectivity index (χ1v) is 12.2. The zero-order valence-corrected chi connectivity index (χ0v) is 21.1. The molecular formula is C25H22BrN9. The van der Waals surface area contributed by atoms with Gasteiger partial charge in [0.25, 0.3) is 0 Å². The average molecular weight is 528 g/mol.